The molecule has 126 valence electrons. The number of nitrogens with zero attached hydrogens (tertiary/aromatic N) is 1. The van der Waals surface area contributed by atoms with E-state index in [-0.39, 0.29) is 11.8 Å². The van der Waals surface area contributed by atoms with Crippen LogP contribution in [-0.4, -0.2) is 11.0 Å². The van der Waals surface area contributed by atoms with Crippen molar-refractivity contribution >= 4 is 6.03 Å². The molecule has 0 saturated carbocycles. The number of halogens is 1. The third kappa shape index (κ3) is 4.64. The van der Waals surface area contributed by atoms with Crippen LogP contribution in [0.2, 0.25) is 0 Å². The van der Waals surface area contributed by atoms with Gasteiger partial charge in [0, 0.05) is 18.9 Å². The van der Waals surface area contributed by atoms with Crippen molar-refractivity contribution in [1.82, 2.24) is 15.6 Å². The second-order valence-electron chi connectivity index (χ2n) is 5.59. The van der Waals surface area contributed by atoms with Gasteiger partial charge in [-0.05, 0) is 34.9 Å². The molecule has 1 unspecified atom stereocenters. The molecule has 5 heteroatoms. The lowest BCUT2D eigenvalue weighted by Crippen LogP contribution is -2.38. The van der Waals surface area contributed by atoms with Crippen LogP contribution >= 0.6 is 0 Å². The highest BCUT2D eigenvalue weighted by Gasteiger charge is 2.17. The molecule has 0 aliphatic heterocycles. The molecular weight excluding hydrogens is 317 g/mol. The van der Waals surface area contributed by atoms with Crippen molar-refractivity contribution in [2.45, 2.75) is 12.6 Å². The maximum Gasteiger partial charge on any atom is 0.315 e. The Morgan fingerprint density at radius 3 is 2.52 bits per heavy atom. The Hall–Kier alpha value is -3.21. The second kappa shape index (κ2) is 8.06. The Balaban J connectivity index is 1.75. The maximum absolute atomic E-state index is 13.6. The van der Waals surface area contributed by atoms with Crippen LogP contribution in [0.1, 0.15) is 22.7 Å². The Morgan fingerprint density at radius 2 is 1.80 bits per heavy atom. The summed E-state index contributed by atoms with van der Waals surface area (Å²) in [5.41, 5.74) is 2.46. The first kappa shape index (κ1) is 16.6. The van der Waals surface area contributed by atoms with Crippen molar-refractivity contribution in [1.29, 1.82) is 0 Å². The van der Waals surface area contributed by atoms with E-state index >= 15 is 0 Å². The second-order valence-corrected chi connectivity index (χ2v) is 5.59. The van der Waals surface area contributed by atoms with Crippen molar-refractivity contribution < 1.29 is 9.18 Å². The Bertz CT molecular complexity index is 825. The highest BCUT2D eigenvalue weighted by Crippen LogP contribution is 2.22. The average Bonchev–Trinajstić information content (AvgIpc) is 2.66. The van der Waals surface area contributed by atoms with E-state index in [0.29, 0.717) is 12.1 Å². The molecule has 3 rings (SSSR count). The highest BCUT2D eigenvalue weighted by molar-refractivity contribution is 5.75. The van der Waals surface area contributed by atoms with E-state index in [0.717, 1.165) is 11.1 Å². The van der Waals surface area contributed by atoms with Crippen molar-refractivity contribution in [2.24, 2.45) is 0 Å². The monoisotopic (exact) mass is 335 g/mol. The van der Waals surface area contributed by atoms with Gasteiger partial charge in [-0.15, -0.1) is 0 Å². The van der Waals surface area contributed by atoms with Crippen molar-refractivity contribution in [3.8, 4) is 0 Å². The molecule has 1 atom stereocenters. The number of nitrogens with one attached hydrogen (secondary N) is 2. The van der Waals surface area contributed by atoms with Gasteiger partial charge >= 0.3 is 6.03 Å². The van der Waals surface area contributed by atoms with Gasteiger partial charge in [0.05, 0.1) is 6.04 Å². The zero-order chi connectivity index (χ0) is 17.5. The first-order valence-corrected chi connectivity index (χ1v) is 7.96. The lowest BCUT2D eigenvalue weighted by Gasteiger charge is -2.20. The number of benzene rings is 2. The van der Waals surface area contributed by atoms with Gasteiger partial charge in [-0.2, -0.15) is 0 Å². The summed E-state index contributed by atoms with van der Waals surface area (Å²) in [6.45, 7) is 0.365. The molecule has 4 nitrogen and oxygen atoms in total. The number of carbonyl (C=O) groups excluding carboxylic acids is 1. The zero-order valence-corrected chi connectivity index (χ0v) is 13.5. The fourth-order valence-corrected chi connectivity index (χ4v) is 2.56. The smallest absolute Gasteiger partial charge is 0.315 e. The molecule has 0 aliphatic carbocycles. The Kier molecular flexibility index (Phi) is 5.36. The largest absolute Gasteiger partial charge is 0.334 e. The summed E-state index contributed by atoms with van der Waals surface area (Å²) in [5.74, 6) is -0.337. The standard InChI is InChI=1S/C20H18FN3O/c21-18-10-4-9-17(12-18)19(16-7-2-1-3-8-16)24-20(25)23-14-15-6-5-11-22-13-15/h1-13,19H,14H2,(H2,23,24,25). The molecule has 3 aromatic rings. The maximum atomic E-state index is 13.6. The van der Waals surface area contributed by atoms with Crippen LogP contribution in [0.5, 0.6) is 0 Å². The molecule has 0 bridgehead atoms. The lowest BCUT2D eigenvalue weighted by molar-refractivity contribution is 0.238. The minimum absolute atomic E-state index is 0.332. The molecule has 0 radical (unpaired) electrons. The van der Waals surface area contributed by atoms with E-state index in [2.05, 4.69) is 15.6 Å². The predicted molar refractivity (Wildman–Crippen MR) is 94.3 cm³/mol. The van der Waals surface area contributed by atoms with E-state index in [1.54, 1.807) is 24.5 Å². The molecule has 2 aromatic carbocycles. The van der Waals surface area contributed by atoms with Crippen molar-refractivity contribution in [2.75, 3.05) is 0 Å². The molecule has 0 fully saturated rings. The third-order valence-corrected chi connectivity index (χ3v) is 3.77. The summed E-state index contributed by atoms with van der Waals surface area (Å²) >= 11 is 0. The molecule has 2 N–H and O–H groups in total. The van der Waals surface area contributed by atoms with Gasteiger partial charge in [-0.1, -0.05) is 48.5 Å². The minimum Gasteiger partial charge on any atom is -0.334 e. The normalized spacial score (nSPS) is 11.6. The minimum atomic E-state index is -0.439. The van der Waals surface area contributed by atoms with E-state index < -0.39 is 6.04 Å². The van der Waals surface area contributed by atoms with Crippen LogP contribution in [0.15, 0.2) is 79.1 Å². The molecule has 0 saturated heterocycles. The summed E-state index contributed by atoms with van der Waals surface area (Å²) in [5, 5.41) is 5.71. The summed E-state index contributed by atoms with van der Waals surface area (Å²) in [7, 11) is 0. The van der Waals surface area contributed by atoms with Gasteiger partial charge < -0.3 is 10.6 Å². The van der Waals surface area contributed by atoms with Crippen molar-refractivity contribution in [3.05, 3.63) is 102 Å². The predicted octanol–water partition coefficient (Wildman–Crippen LogP) is 3.81. The molecule has 0 aliphatic rings. The number of hydrogen-bond donors (Lipinski definition) is 2. The van der Waals surface area contributed by atoms with Gasteiger partial charge in [-0.25, -0.2) is 9.18 Å². The van der Waals surface area contributed by atoms with Gasteiger partial charge in [0.1, 0.15) is 5.82 Å². The molecular formula is C20H18FN3O. The van der Waals surface area contributed by atoms with Crippen LogP contribution in [0.25, 0.3) is 0 Å². The number of urea groups is 1. The van der Waals surface area contributed by atoms with Crippen LogP contribution < -0.4 is 10.6 Å². The van der Waals surface area contributed by atoms with E-state index in [1.165, 1.54) is 12.1 Å². The van der Waals surface area contributed by atoms with Gasteiger partial charge in [0.2, 0.25) is 0 Å². The topological polar surface area (TPSA) is 54.0 Å². The summed E-state index contributed by atoms with van der Waals surface area (Å²) in [6.07, 6.45) is 3.38. The number of aromatic nitrogens is 1. The molecule has 2 amide bonds. The van der Waals surface area contributed by atoms with Crippen LogP contribution in [0.3, 0.4) is 0 Å². The fraction of sp³-hybridized carbons (Fsp3) is 0.100. The molecule has 0 spiro atoms. The lowest BCUT2D eigenvalue weighted by atomic mass is 9.99. The quantitative estimate of drug-likeness (QED) is 0.745. The first-order chi connectivity index (χ1) is 12.2. The van der Waals surface area contributed by atoms with Crippen LogP contribution in [0, 0.1) is 5.82 Å². The van der Waals surface area contributed by atoms with Gasteiger partial charge in [-0.3, -0.25) is 4.98 Å². The molecule has 1 aromatic heterocycles. The Labute approximate surface area is 145 Å². The molecule has 25 heavy (non-hydrogen) atoms. The SMILES string of the molecule is O=C(NCc1cccnc1)NC(c1ccccc1)c1cccc(F)c1. The summed E-state index contributed by atoms with van der Waals surface area (Å²) < 4.78 is 13.6. The van der Waals surface area contributed by atoms with Crippen molar-refractivity contribution in [3.63, 3.8) is 0 Å². The van der Waals surface area contributed by atoms with E-state index in [9.17, 15) is 9.18 Å². The number of pyridine rings is 1. The average molecular weight is 335 g/mol. The number of carbonyl (C=O) groups is 1. The van der Waals surface area contributed by atoms with E-state index in [1.807, 2.05) is 42.5 Å². The number of rotatable bonds is 5. The third-order valence-electron chi connectivity index (χ3n) is 3.77. The Morgan fingerprint density at radius 1 is 1.00 bits per heavy atom. The number of amides is 2. The summed E-state index contributed by atoms with van der Waals surface area (Å²) in [6, 6.07) is 18.6. The fourth-order valence-electron chi connectivity index (χ4n) is 2.56. The zero-order valence-electron chi connectivity index (χ0n) is 13.5. The van der Waals surface area contributed by atoms with Crippen LogP contribution in [0.4, 0.5) is 9.18 Å². The van der Waals surface area contributed by atoms with Gasteiger partial charge in [0.15, 0.2) is 0 Å². The first-order valence-electron chi connectivity index (χ1n) is 7.96. The summed E-state index contributed by atoms with van der Waals surface area (Å²) in [4.78, 5) is 16.3. The van der Waals surface area contributed by atoms with E-state index in [4.69, 9.17) is 0 Å². The number of hydrogen-bond acceptors (Lipinski definition) is 2. The van der Waals surface area contributed by atoms with Gasteiger partial charge in [0.25, 0.3) is 0 Å². The molecule has 1 heterocycles. The highest BCUT2D eigenvalue weighted by atomic mass is 19.1. The van der Waals surface area contributed by atoms with Crippen LogP contribution in [-0.2, 0) is 6.54 Å².